The number of urea groups is 1. The summed E-state index contributed by atoms with van der Waals surface area (Å²) in [4.78, 5) is 33.9. The number of carbonyl (C=O) groups excluding carboxylic acids is 1. The summed E-state index contributed by atoms with van der Waals surface area (Å²) < 4.78 is 0. The fraction of sp³-hybridized carbons (Fsp3) is 0.321. The maximum atomic E-state index is 12.6. The molecule has 2 fully saturated rings. The van der Waals surface area contributed by atoms with Crippen molar-refractivity contribution < 1.29 is 14.7 Å². The van der Waals surface area contributed by atoms with Crippen LogP contribution in [-0.2, 0) is 6.54 Å². The van der Waals surface area contributed by atoms with Gasteiger partial charge in [-0.05, 0) is 61.2 Å². The van der Waals surface area contributed by atoms with Crippen LogP contribution in [0, 0.1) is 6.92 Å². The number of nitrogens with one attached hydrogen (secondary N) is 1. The molecule has 0 bridgehead atoms. The van der Waals surface area contributed by atoms with E-state index >= 15 is 0 Å². The van der Waals surface area contributed by atoms with Crippen molar-refractivity contribution >= 4 is 23.8 Å². The zero-order chi connectivity index (χ0) is 25.1. The highest BCUT2D eigenvalue weighted by atomic mass is 32.2. The lowest BCUT2D eigenvalue weighted by Gasteiger charge is -2.39. The first-order valence-corrected chi connectivity index (χ1v) is 13.1. The van der Waals surface area contributed by atoms with Crippen LogP contribution in [0.2, 0.25) is 0 Å². The minimum absolute atomic E-state index is 0.0491. The van der Waals surface area contributed by atoms with Crippen LogP contribution in [0.25, 0.3) is 0 Å². The van der Waals surface area contributed by atoms with Crippen LogP contribution in [0.5, 0.6) is 0 Å². The number of aromatic nitrogens is 1. The highest BCUT2D eigenvalue weighted by molar-refractivity contribution is 7.99. The molecule has 36 heavy (non-hydrogen) atoms. The van der Waals surface area contributed by atoms with Crippen molar-refractivity contribution in [2.45, 2.75) is 48.3 Å². The van der Waals surface area contributed by atoms with E-state index in [4.69, 9.17) is 10.1 Å². The third-order valence-corrected chi connectivity index (χ3v) is 7.98. The molecule has 2 N–H and O–H groups in total. The van der Waals surface area contributed by atoms with Gasteiger partial charge in [0.1, 0.15) is 5.03 Å². The second kappa shape index (κ2) is 10.7. The summed E-state index contributed by atoms with van der Waals surface area (Å²) in [5.74, 6) is -0.923. The molecule has 7 nitrogen and oxygen atoms in total. The molecule has 2 saturated heterocycles. The second-order valence-electron chi connectivity index (χ2n) is 9.35. The number of rotatable bonds is 7. The number of aryl methyl sites for hydroxylation is 1. The van der Waals surface area contributed by atoms with Crippen molar-refractivity contribution in [2.24, 2.45) is 0 Å². The number of carboxylic acid groups (broad SMARTS) is 1. The fourth-order valence-electron chi connectivity index (χ4n) is 5.06. The summed E-state index contributed by atoms with van der Waals surface area (Å²) in [5, 5.41) is 13.0. The van der Waals surface area contributed by atoms with Gasteiger partial charge in [-0.3, -0.25) is 4.90 Å². The van der Waals surface area contributed by atoms with Crippen molar-refractivity contribution in [3.63, 3.8) is 0 Å². The molecule has 0 aliphatic carbocycles. The van der Waals surface area contributed by atoms with Crippen LogP contribution >= 0.6 is 11.8 Å². The van der Waals surface area contributed by atoms with Gasteiger partial charge in [0.05, 0.1) is 11.6 Å². The summed E-state index contributed by atoms with van der Waals surface area (Å²) in [7, 11) is 0. The van der Waals surface area contributed by atoms with E-state index in [1.54, 1.807) is 12.1 Å². The Morgan fingerprint density at radius 3 is 2.44 bits per heavy atom. The number of carbonyl (C=O) groups is 2. The van der Waals surface area contributed by atoms with Crippen LogP contribution in [0.4, 0.5) is 4.79 Å². The van der Waals surface area contributed by atoms with Crippen LogP contribution < -0.4 is 5.32 Å². The maximum Gasteiger partial charge on any atom is 0.335 e. The lowest BCUT2D eigenvalue weighted by atomic mass is 9.98. The van der Waals surface area contributed by atoms with E-state index in [1.165, 1.54) is 22.9 Å². The minimum atomic E-state index is -0.923. The molecule has 2 aliphatic heterocycles. The Balaban J connectivity index is 1.17. The topological polar surface area (TPSA) is 85.8 Å². The lowest BCUT2D eigenvalue weighted by molar-refractivity contribution is 0.0696. The van der Waals surface area contributed by atoms with Crippen molar-refractivity contribution in [2.75, 3.05) is 19.6 Å². The highest BCUT2D eigenvalue weighted by Crippen LogP contribution is 2.32. The van der Waals surface area contributed by atoms with Gasteiger partial charge in [0, 0.05) is 42.8 Å². The predicted molar refractivity (Wildman–Crippen MR) is 139 cm³/mol. The first kappa shape index (κ1) is 24.3. The number of likely N-dealkylation sites (tertiary alicyclic amines) is 1. The van der Waals surface area contributed by atoms with Gasteiger partial charge in [-0.2, -0.15) is 0 Å². The van der Waals surface area contributed by atoms with E-state index < -0.39 is 5.97 Å². The molecule has 5 rings (SSSR count). The van der Waals surface area contributed by atoms with Crippen molar-refractivity contribution in [3.8, 4) is 0 Å². The molecule has 8 heteroatoms. The summed E-state index contributed by atoms with van der Waals surface area (Å²) in [6.45, 7) is 5.45. The zero-order valence-electron chi connectivity index (χ0n) is 20.3. The minimum Gasteiger partial charge on any atom is -0.478 e. The van der Waals surface area contributed by atoms with Crippen molar-refractivity contribution in [3.05, 3.63) is 89.1 Å². The van der Waals surface area contributed by atoms with Gasteiger partial charge in [0.2, 0.25) is 0 Å². The third-order valence-electron chi connectivity index (χ3n) is 7.04. The number of hydrogen-bond acceptors (Lipinski definition) is 5. The standard InChI is InChI=1S/C28H30N4O3S/c1-19-22(9-12-26(30-19)36-24-10-7-21(8-11-24)27(33)34)18-31-15-13-23(14-16-31)32-25(17-29-28(32)35)20-5-3-2-4-6-20/h2-12,23,25H,13-18H2,1H3,(H,29,35)(H,33,34). The van der Waals surface area contributed by atoms with Gasteiger partial charge in [-0.1, -0.05) is 48.2 Å². The van der Waals surface area contributed by atoms with E-state index in [1.807, 2.05) is 43.3 Å². The van der Waals surface area contributed by atoms with Gasteiger partial charge in [0.25, 0.3) is 0 Å². The van der Waals surface area contributed by atoms with Gasteiger partial charge in [0.15, 0.2) is 0 Å². The second-order valence-corrected chi connectivity index (χ2v) is 10.4. The Hall–Kier alpha value is -3.36. The maximum absolute atomic E-state index is 12.6. The van der Waals surface area contributed by atoms with Crippen molar-refractivity contribution in [1.82, 2.24) is 20.1 Å². The number of piperidine rings is 1. The van der Waals surface area contributed by atoms with E-state index in [2.05, 4.69) is 33.3 Å². The summed E-state index contributed by atoms with van der Waals surface area (Å²) in [5.41, 5.74) is 3.69. The molecular formula is C28H30N4O3S. The summed E-state index contributed by atoms with van der Waals surface area (Å²) in [6.07, 6.45) is 1.92. The Kier molecular flexibility index (Phi) is 7.25. The predicted octanol–water partition coefficient (Wildman–Crippen LogP) is 4.97. The van der Waals surface area contributed by atoms with Crippen LogP contribution in [-0.4, -0.2) is 57.6 Å². The summed E-state index contributed by atoms with van der Waals surface area (Å²) >= 11 is 1.53. The van der Waals surface area contributed by atoms with E-state index in [9.17, 15) is 9.59 Å². The molecule has 3 heterocycles. The van der Waals surface area contributed by atoms with Gasteiger partial charge in [-0.15, -0.1) is 0 Å². The molecule has 0 spiro atoms. The average Bonchev–Trinajstić information content (AvgIpc) is 3.28. The molecule has 1 atom stereocenters. The average molecular weight is 503 g/mol. The molecule has 3 aromatic rings. The van der Waals surface area contributed by atoms with E-state index in [0.717, 1.165) is 48.1 Å². The number of pyridine rings is 1. The van der Waals surface area contributed by atoms with Crippen LogP contribution in [0.3, 0.4) is 0 Å². The Labute approximate surface area is 215 Å². The first-order chi connectivity index (χ1) is 17.5. The lowest BCUT2D eigenvalue weighted by Crippen LogP contribution is -2.46. The molecule has 2 aromatic carbocycles. The molecule has 2 amide bonds. The number of benzene rings is 2. The van der Waals surface area contributed by atoms with Crippen LogP contribution in [0.1, 0.15) is 46.1 Å². The van der Waals surface area contributed by atoms with Crippen molar-refractivity contribution in [1.29, 1.82) is 0 Å². The Morgan fingerprint density at radius 2 is 1.78 bits per heavy atom. The molecule has 0 saturated carbocycles. The molecule has 1 unspecified atom stereocenters. The zero-order valence-corrected chi connectivity index (χ0v) is 21.1. The number of hydrogen-bond donors (Lipinski definition) is 2. The van der Waals surface area contributed by atoms with Crippen LogP contribution in [0.15, 0.2) is 76.7 Å². The molecule has 1 aromatic heterocycles. The molecular weight excluding hydrogens is 472 g/mol. The molecule has 186 valence electrons. The first-order valence-electron chi connectivity index (χ1n) is 12.3. The SMILES string of the molecule is Cc1nc(Sc2ccc(C(=O)O)cc2)ccc1CN1CCC(N2C(=O)NCC2c2ccccc2)CC1. The highest BCUT2D eigenvalue weighted by Gasteiger charge is 2.38. The number of aromatic carboxylic acids is 1. The van der Waals surface area contributed by atoms with Gasteiger partial charge < -0.3 is 15.3 Å². The summed E-state index contributed by atoms with van der Waals surface area (Å²) in [6, 6.07) is 21.7. The fourth-order valence-corrected chi connectivity index (χ4v) is 5.90. The third kappa shape index (κ3) is 5.39. The number of nitrogens with zero attached hydrogens (tertiary/aromatic N) is 3. The quantitative estimate of drug-likeness (QED) is 0.475. The van der Waals surface area contributed by atoms with E-state index in [0.29, 0.717) is 6.54 Å². The monoisotopic (exact) mass is 502 g/mol. The smallest absolute Gasteiger partial charge is 0.335 e. The number of carboxylic acids is 1. The van der Waals surface area contributed by atoms with Gasteiger partial charge >= 0.3 is 12.0 Å². The normalized spacial score (nSPS) is 18.9. The number of amides is 2. The molecule has 0 radical (unpaired) electrons. The largest absolute Gasteiger partial charge is 0.478 e. The Bertz CT molecular complexity index is 1230. The van der Waals surface area contributed by atoms with E-state index in [-0.39, 0.29) is 23.7 Å². The molecule has 2 aliphatic rings. The Morgan fingerprint density at radius 1 is 1.06 bits per heavy atom. The van der Waals surface area contributed by atoms with Gasteiger partial charge in [-0.25, -0.2) is 14.6 Å².